The van der Waals surface area contributed by atoms with Crippen molar-refractivity contribution in [3.05, 3.63) is 64.4 Å². The van der Waals surface area contributed by atoms with Crippen molar-refractivity contribution in [2.45, 2.75) is 26.8 Å². The number of hydrogen-bond donors (Lipinski definition) is 1. The third kappa shape index (κ3) is 3.82. The van der Waals surface area contributed by atoms with Crippen LogP contribution in [-0.4, -0.2) is 20.7 Å². The van der Waals surface area contributed by atoms with Gasteiger partial charge < -0.3 is 14.3 Å². The van der Waals surface area contributed by atoms with E-state index in [9.17, 15) is 9.59 Å². The van der Waals surface area contributed by atoms with E-state index in [0.29, 0.717) is 17.3 Å². The molecule has 0 bridgehead atoms. The number of pyridine rings is 1. The molecule has 7 nitrogen and oxygen atoms in total. The van der Waals surface area contributed by atoms with Gasteiger partial charge in [0, 0.05) is 24.9 Å². The van der Waals surface area contributed by atoms with Crippen LogP contribution in [0.1, 0.15) is 18.4 Å². The maximum absolute atomic E-state index is 12.3. The second-order valence-electron chi connectivity index (χ2n) is 5.57. The second kappa shape index (κ2) is 7.12. The third-order valence-corrected chi connectivity index (χ3v) is 3.74. The molecule has 0 aliphatic carbocycles. The van der Waals surface area contributed by atoms with E-state index in [2.05, 4.69) is 15.5 Å². The van der Waals surface area contributed by atoms with Crippen molar-refractivity contribution in [3.63, 3.8) is 0 Å². The number of aryl methyl sites for hydroxylation is 2. The molecule has 2 aromatic heterocycles. The van der Waals surface area contributed by atoms with Crippen LogP contribution in [0.5, 0.6) is 0 Å². The number of anilines is 1. The monoisotopic (exact) mass is 338 g/mol. The van der Waals surface area contributed by atoms with Crippen molar-refractivity contribution in [2.75, 3.05) is 5.32 Å². The average molecular weight is 338 g/mol. The maximum atomic E-state index is 12.3. The van der Waals surface area contributed by atoms with Crippen molar-refractivity contribution in [1.82, 2.24) is 14.8 Å². The van der Waals surface area contributed by atoms with Crippen LogP contribution in [0.4, 0.5) is 5.69 Å². The van der Waals surface area contributed by atoms with Crippen LogP contribution >= 0.6 is 0 Å². The Hall–Kier alpha value is -3.22. The lowest BCUT2D eigenvalue weighted by Crippen LogP contribution is -2.27. The second-order valence-corrected chi connectivity index (χ2v) is 5.57. The lowest BCUT2D eigenvalue weighted by molar-refractivity contribution is -0.116. The Morgan fingerprint density at radius 1 is 1.20 bits per heavy atom. The minimum atomic E-state index is -0.279. The van der Waals surface area contributed by atoms with Crippen molar-refractivity contribution >= 4 is 11.6 Å². The molecule has 0 saturated heterocycles. The van der Waals surface area contributed by atoms with Gasteiger partial charge in [-0.1, -0.05) is 25.1 Å². The van der Waals surface area contributed by atoms with Crippen LogP contribution in [0.25, 0.3) is 11.5 Å². The summed E-state index contributed by atoms with van der Waals surface area (Å²) in [6.45, 7) is 3.61. The summed E-state index contributed by atoms with van der Waals surface area (Å²) in [4.78, 5) is 24.4. The number of hydrogen-bond acceptors (Lipinski definition) is 5. The van der Waals surface area contributed by atoms with Crippen molar-refractivity contribution < 1.29 is 9.21 Å². The molecule has 1 N–H and O–H groups in total. The van der Waals surface area contributed by atoms with E-state index in [4.69, 9.17) is 4.42 Å². The molecule has 3 rings (SSSR count). The van der Waals surface area contributed by atoms with Gasteiger partial charge in [0.2, 0.25) is 17.7 Å². The molecule has 7 heteroatoms. The number of benzene rings is 1. The minimum absolute atomic E-state index is 0.0994. The third-order valence-electron chi connectivity index (χ3n) is 3.74. The molecule has 0 radical (unpaired) electrons. The van der Waals surface area contributed by atoms with Crippen LogP contribution in [0.2, 0.25) is 0 Å². The van der Waals surface area contributed by atoms with Crippen molar-refractivity contribution in [1.29, 1.82) is 0 Å². The van der Waals surface area contributed by atoms with Gasteiger partial charge in [-0.05, 0) is 24.1 Å². The Kier molecular flexibility index (Phi) is 4.74. The van der Waals surface area contributed by atoms with E-state index >= 15 is 0 Å². The fourth-order valence-electron chi connectivity index (χ4n) is 2.49. The Labute approximate surface area is 144 Å². The van der Waals surface area contributed by atoms with Gasteiger partial charge in [0.05, 0.1) is 5.56 Å². The predicted molar refractivity (Wildman–Crippen MR) is 93.2 cm³/mol. The predicted octanol–water partition coefficient (Wildman–Crippen LogP) is 2.41. The average Bonchev–Trinajstić information content (AvgIpc) is 3.04. The van der Waals surface area contributed by atoms with Crippen LogP contribution in [0, 0.1) is 6.92 Å². The van der Waals surface area contributed by atoms with Crippen molar-refractivity contribution in [3.8, 4) is 11.5 Å². The first-order chi connectivity index (χ1) is 12.1. The van der Waals surface area contributed by atoms with E-state index in [0.717, 1.165) is 17.7 Å². The molecule has 0 aliphatic heterocycles. The molecular formula is C18H18N4O3. The number of nitrogens with one attached hydrogen (secondary N) is 1. The summed E-state index contributed by atoms with van der Waals surface area (Å²) in [5.74, 6) is 0.464. The minimum Gasteiger partial charge on any atom is -0.421 e. The zero-order valence-corrected chi connectivity index (χ0v) is 14.0. The van der Waals surface area contributed by atoms with E-state index in [1.165, 1.54) is 10.6 Å². The SMILES string of the molecule is CCc1ccccc1NC(=O)Cn1cc(-c2nnc(C)o2)ccc1=O. The lowest BCUT2D eigenvalue weighted by atomic mass is 10.1. The summed E-state index contributed by atoms with van der Waals surface area (Å²) in [7, 11) is 0. The van der Waals surface area contributed by atoms with E-state index in [1.807, 2.05) is 31.2 Å². The first kappa shape index (κ1) is 16.6. The zero-order chi connectivity index (χ0) is 17.8. The number of aromatic nitrogens is 3. The number of amides is 1. The molecule has 0 saturated carbocycles. The molecule has 1 amide bonds. The molecule has 0 fully saturated rings. The summed E-state index contributed by atoms with van der Waals surface area (Å²) >= 11 is 0. The molecule has 0 aliphatic rings. The highest BCUT2D eigenvalue weighted by atomic mass is 16.4. The molecule has 128 valence electrons. The molecule has 0 spiro atoms. The van der Waals surface area contributed by atoms with E-state index in [-0.39, 0.29) is 18.0 Å². The van der Waals surface area contributed by atoms with Gasteiger partial charge in [0.25, 0.3) is 5.56 Å². The van der Waals surface area contributed by atoms with Crippen LogP contribution in [0.15, 0.2) is 51.8 Å². The topological polar surface area (TPSA) is 90.0 Å². The highest BCUT2D eigenvalue weighted by molar-refractivity contribution is 5.91. The van der Waals surface area contributed by atoms with Crippen LogP contribution in [-0.2, 0) is 17.8 Å². The normalized spacial score (nSPS) is 10.6. The Bertz CT molecular complexity index is 959. The van der Waals surface area contributed by atoms with Gasteiger partial charge in [-0.2, -0.15) is 0 Å². The number of para-hydroxylation sites is 1. The molecule has 0 unspecified atom stereocenters. The Morgan fingerprint density at radius 3 is 2.72 bits per heavy atom. The highest BCUT2D eigenvalue weighted by Gasteiger charge is 2.11. The Balaban J connectivity index is 1.80. The number of carbonyl (C=O) groups is 1. The smallest absolute Gasteiger partial charge is 0.251 e. The van der Waals surface area contributed by atoms with Crippen LogP contribution < -0.4 is 10.9 Å². The molecular weight excluding hydrogens is 320 g/mol. The van der Waals surface area contributed by atoms with Gasteiger partial charge >= 0.3 is 0 Å². The summed E-state index contributed by atoms with van der Waals surface area (Å²) in [6, 6.07) is 10.6. The summed E-state index contributed by atoms with van der Waals surface area (Å²) in [5.41, 5.74) is 2.10. The molecule has 1 aromatic carbocycles. The zero-order valence-electron chi connectivity index (χ0n) is 14.0. The van der Waals surface area contributed by atoms with Gasteiger partial charge in [-0.25, -0.2) is 0 Å². The first-order valence-electron chi connectivity index (χ1n) is 7.95. The summed E-state index contributed by atoms with van der Waals surface area (Å²) in [5, 5.41) is 10.5. The summed E-state index contributed by atoms with van der Waals surface area (Å²) in [6.07, 6.45) is 2.35. The number of carbonyl (C=O) groups excluding carboxylic acids is 1. The van der Waals surface area contributed by atoms with Crippen LogP contribution in [0.3, 0.4) is 0 Å². The fourth-order valence-corrected chi connectivity index (χ4v) is 2.49. The molecule has 25 heavy (non-hydrogen) atoms. The van der Waals surface area contributed by atoms with Gasteiger partial charge in [0.1, 0.15) is 6.54 Å². The maximum Gasteiger partial charge on any atom is 0.251 e. The number of rotatable bonds is 5. The number of nitrogens with zero attached hydrogens (tertiary/aromatic N) is 3. The largest absolute Gasteiger partial charge is 0.421 e. The van der Waals surface area contributed by atoms with Gasteiger partial charge in [-0.15, -0.1) is 10.2 Å². The van der Waals surface area contributed by atoms with Gasteiger partial charge in [0.15, 0.2) is 0 Å². The van der Waals surface area contributed by atoms with E-state index < -0.39 is 0 Å². The quantitative estimate of drug-likeness (QED) is 0.771. The Morgan fingerprint density at radius 2 is 2.00 bits per heavy atom. The first-order valence-corrected chi connectivity index (χ1v) is 7.95. The summed E-state index contributed by atoms with van der Waals surface area (Å²) < 4.78 is 6.68. The molecule has 0 atom stereocenters. The molecule has 3 aromatic rings. The standard InChI is InChI=1S/C18H18N4O3/c1-3-13-6-4-5-7-15(13)19-16(23)11-22-10-14(8-9-17(22)24)18-21-20-12(2)25-18/h4-10H,3,11H2,1-2H3,(H,19,23). The van der Waals surface area contributed by atoms with E-state index in [1.54, 1.807) is 19.2 Å². The van der Waals surface area contributed by atoms with Crippen molar-refractivity contribution in [2.24, 2.45) is 0 Å². The lowest BCUT2D eigenvalue weighted by Gasteiger charge is -2.11. The molecule has 2 heterocycles. The fraction of sp³-hybridized carbons (Fsp3) is 0.222. The van der Waals surface area contributed by atoms with Gasteiger partial charge in [-0.3, -0.25) is 9.59 Å². The highest BCUT2D eigenvalue weighted by Crippen LogP contribution is 2.17.